The Bertz CT molecular complexity index is 2760. The molecule has 9 aromatic rings. The van der Waals surface area contributed by atoms with Crippen molar-refractivity contribution in [2.45, 2.75) is 6.92 Å². The lowest BCUT2D eigenvalue weighted by atomic mass is 10.0. The molecule has 0 atom stereocenters. The SMILES string of the molecule is C=Cc1oc2ccc3c(c4ccccc4n3-c3ccc(-c4nc(-c5ccccc5)nc(-c5cccc(-c6ccccc6)c5)n4)cc3)c2c1/C=C\C. The van der Waals surface area contributed by atoms with E-state index >= 15 is 0 Å². The van der Waals surface area contributed by atoms with E-state index in [1.807, 2.05) is 49.4 Å². The average Bonchev–Trinajstić information content (AvgIpc) is 3.73. The van der Waals surface area contributed by atoms with Crippen LogP contribution in [0.4, 0.5) is 0 Å². The molecular formula is C46H32N4O. The van der Waals surface area contributed by atoms with Gasteiger partial charge in [-0.25, -0.2) is 15.0 Å². The van der Waals surface area contributed by atoms with Crippen LogP contribution in [0, 0.1) is 0 Å². The van der Waals surface area contributed by atoms with E-state index in [0.29, 0.717) is 17.5 Å². The van der Waals surface area contributed by atoms with Gasteiger partial charge in [0.25, 0.3) is 0 Å². The van der Waals surface area contributed by atoms with E-state index in [9.17, 15) is 0 Å². The highest BCUT2D eigenvalue weighted by Crippen LogP contribution is 2.41. The van der Waals surface area contributed by atoms with Gasteiger partial charge in [-0.3, -0.25) is 0 Å². The standard InChI is InChI=1S/C46H32N4O/c1-3-14-37-40(4-2)51-41-28-27-39-42(43(37)41)36-21-11-12-22-38(36)50(39)35-25-23-32(24-26-35)45-47-44(31-17-9-6-10-18-31)48-46(49-45)34-20-13-19-33(29-34)30-15-7-5-8-16-30/h3-29H,2H2,1H3/b14-3-. The third-order valence-corrected chi connectivity index (χ3v) is 9.35. The molecule has 9 rings (SSSR count). The number of hydrogen-bond donors (Lipinski definition) is 0. The molecule has 0 N–H and O–H groups in total. The van der Waals surface area contributed by atoms with Gasteiger partial charge < -0.3 is 8.98 Å². The second-order valence-electron chi connectivity index (χ2n) is 12.4. The minimum atomic E-state index is 0.616. The Labute approximate surface area is 295 Å². The number of nitrogens with zero attached hydrogens (tertiary/aromatic N) is 4. The topological polar surface area (TPSA) is 56.7 Å². The molecule has 0 aliphatic heterocycles. The van der Waals surface area contributed by atoms with Gasteiger partial charge in [-0.05, 0) is 72.7 Å². The van der Waals surface area contributed by atoms with Gasteiger partial charge in [0.1, 0.15) is 11.3 Å². The summed E-state index contributed by atoms with van der Waals surface area (Å²) in [6.45, 7) is 6.04. The molecule has 0 amide bonds. The van der Waals surface area contributed by atoms with E-state index in [0.717, 1.165) is 77.6 Å². The van der Waals surface area contributed by atoms with Gasteiger partial charge in [0, 0.05) is 44.1 Å². The van der Waals surface area contributed by atoms with Gasteiger partial charge in [-0.15, -0.1) is 0 Å². The van der Waals surface area contributed by atoms with Crippen molar-refractivity contribution >= 4 is 44.9 Å². The van der Waals surface area contributed by atoms with Crippen LogP contribution in [0.5, 0.6) is 0 Å². The number of rotatable bonds is 7. The number of hydrogen-bond acceptors (Lipinski definition) is 4. The molecule has 0 unspecified atom stereocenters. The molecule has 5 nitrogen and oxygen atoms in total. The van der Waals surface area contributed by atoms with Crippen LogP contribution in [-0.4, -0.2) is 19.5 Å². The highest BCUT2D eigenvalue weighted by Gasteiger charge is 2.20. The summed E-state index contributed by atoms with van der Waals surface area (Å²) in [7, 11) is 0. The van der Waals surface area contributed by atoms with Crippen molar-refractivity contribution < 1.29 is 4.42 Å². The Kier molecular flexibility index (Phi) is 7.44. The van der Waals surface area contributed by atoms with Crippen LogP contribution in [0.3, 0.4) is 0 Å². The molecule has 242 valence electrons. The maximum Gasteiger partial charge on any atom is 0.164 e. The zero-order valence-electron chi connectivity index (χ0n) is 28.0. The summed E-state index contributed by atoms with van der Waals surface area (Å²) in [5.41, 5.74) is 10.2. The molecule has 6 aromatic carbocycles. The lowest BCUT2D eigenvalue weighted by Crippen LogP contribution is -2.00. The first-order valence-electron chi connectivity index (χ1n) is 17.0. The van der Waals surface area contributed by atoms with Crippen molar-refractivity contribution in [1.29, 1.82) is 0 Å². The van der Waals surface area contributed by atoms with Crippen LogP contribution in [0.1, 0.15) is 18.2 Å². The Morgan fingerprint density at radius 3 is 1.86 bits per heavy atom. The third kappa shape index (κ3) is 5.23. The molecule has 51 heavy (non-hydrogen) atoms. The summed E-state index contributed by atoms with van der Waals surface area (Å²) < 4.78 is 8.57. The van der Waals surface area contributed by atoms with Gasteiger partial charge in [0.05, 0.1) is 11.0 Å². The molecule has 0 spiro atoms. The second-order valence-corrected chi connectivity index (χ2v) is 12.4. The highest BCUT2D eigenvalue weighted by atomic mass is 16.3. The molecule has 0 saturated carbocycles. The number of aromatic nitrogens is 4. The van der Waals surface area contributed by atoms with E-state index in [1.54, 1.807) is 6.08 Å². The first-order chi connectivity index (χ1) is 25.2. The predicted octanol–water partition coefficient (Wildman–Crippen LogP) is 12.1. The molecule has 3 heterocycles. The summed E-state index contributed by atoms with van der Waals surface area (Å²) in [5, 5.41) is 3.41. The minimum absolute atomic E-state index is 0.616. The molecule has 5 heteroatoms. The van der Waals surface area contributed by atoms with Gasteiger partial charge >= 0.3 is 0 Å². The smallest absolute Gasteiger partial charge is 0.164 e. The summed E-state index contributed by atoms with van der Waals surface area (Å²) in [6, 6.07) is 50.1. The zero-order valence-corrected chi connectivity index (χ0v) is 28.0. The lowest BCUT2D eigenvalue weighted by molar-refractivity contribution is 0.603. The highest BCUT2D eigenvalue weighted by molar-refractivity contribution is 6.23. The van der Waals surface area contributed by atoms with E-state index in [-0.39, 0.29) is 0 Å². The maximum atomic E-state index is 6.25. The molecule has 0 bridgehead atoms. The van der Waals surface area contributed by atoms with Crippen molar-refractivity contribution in [2.75, 3.05) is 0 Å². The molecule has 3 aromatic heterocycles. The Balaban J connectivity index is 1.19. The van der Waals surface area contributed by atoms with Crippen molar-refractivity contribution in [3.8, 4) is 51.0 Å². The third-order valence-electron chi connectivity index (χ3n) is 9.35. The molecule has 0 aliphatic rings. The van der Waals surface area contributed by atoms with Crippen LogP contribution < -0.4 is 0 Å². The average molecular weight is 657 g/mol. The quantitative estimate of drug-likeness (QED) is 0.171. The van der Waals surface area contributed by atoms with Gasteiger partial charge in [-0.1, -0.05) is 116 Å². The number of para-hydroxylation sites is 1. The largest absolute Gasteiger partial charge is 0.456 e. The summed E-state index contributed by atoms with van der Waals surface area (Å²) in [5.74, 6) is 2.65. The Morgan fingerprint density at radius 1 is 0.549 bits per heavy atom. The maximum absolute atomic E-state index is 6.25. The van der Waals surface area contributed by atoms with Crippen LogP contribution >= 0.6 is 0 Å². The van der Waals surface area contributed by atoms with E-state index in [2.05, 4.69) is 126 Å². The number of fused-ring (bicyclic) bond motifs is 5. The van der Waals surface area contributed by atoms with Crippen LogP contribution in [-0.2, 0) is 0 Å². The summed E-state index contributed by atoms with van der Waals surface area (Å²) in [4.78, 5) is 15.0. The Morgan fingerprint density at radius 2 is 1.16 bits per heavy atom. The first kappa shape index (κ1) is 30.2. The molecule has 0 saturated heterocycles. The van der Waals surface area contributed by atoms with Crippen molar-refractivity contribution in [3.05, 3.63) is 170 Å². The summed E-state index contributed by atoms with van der Waals surface area (Å²) >= 11 is 0. The van der Waals surface area contributed by atoms with Gasteiger partial charge in [0.2, 0.25) is 0 Å². The molecular weight excluding hydrogens is 625 g/mol. The Hall–Kier alpha value is -6.85. The van der Waals surface area contributed by atoms with Crippen molar-refractivity contribution in [2.24, 2.45) is 0 Å². The monoisotopic (exact) mass is 656 g/mol. The van der Waals surface area contributed by atoms with Crippen molar-refractivity contribution in [3.63, 3.8) is 0 Å². The fourth-order valence-electron chi connectivity index (χ4n) is 7.03. The molecule has 0 aliphatic carbocycles. The predicted molar refractivity (Wildman–Crippen MR) is 210 cm³/mol. The van der Waals surface area contributed by atoms with Crippen LogP contribution in [0.15, 0.2) is 163 Å². The van der Waals surface area contributed by atoms with Gasteiger partial charge in [0.15, 0.2) is 17.5 Å². The fraction of sp³-hybridized carbons (Fsp3) is 0.0217. The van der Waals surface area contributed by atoms with Crippen molar-refractivity contribution in [1.82, 2.24) is 19.5 Å². The number of benzene rings is 6. The van der Waals surface area contributed by atoms with Crippen LogP contribution in [0.2, 0.25) is 0 Å². The first-order valence-corrected chi connectivity index (χ1v) is 17.0. The number of furan rings is 1. The zero-order chi connectivity index (χ0) is 34.3. The van der Waals surface area contributed by atoms with Crippen LogP contribution in [0.25, 0.3) is 95.9 Å². The number of allylic oxidation sites excluding steroid dienone is 1. The van der Waals surface area contributed by atoms with E-state index in [4.69, 9.17) is 19.4 Å². The summed E-state index contributed by atoms with van der Waals surface area (Å²) in [6.07, 6.45) is 5.94. The van der Waals surface area contributed by atoms with Gasteiger partial charge in [-0.2, -0.15) is 0 Å². The minimum Gasteiger partial charge on any atom is -0.456 e. The fourth-order valence-corrected chi connectivity index (χ4v) is 7.03. The molecule has 0 fully saturated rings. The molecule has 0 radical (unpaired) electrons. The normalized spacial score (nSPS) is 11.6. The lowest BCUT2D eigenvalue weighted by Gasteiger charge is -2.11. The second kappa shape index (κ2) is 12.6. The van der Waals surface area contributed by atoms with E-state index < -0.39 is 0 Å². The van der Waals surface area contributed by atoms with E-state index in [1.165, 1.54) is 0 Å².